The van der Waals surface area contributed by atoms with E-state index in [1.807, 2.05) is 17.9 Å². The maximum absolute atomic E-state index is 12.9. The molecule has 0 saturated carbocycles. The Hall–Kier alpha value is -3.43. The average Bonchev–Trinajstić information content (AvgIpc) is 3.02. The van der Waals surface area contributed by atoms with Crippen LogP contribution in [0.5, 0.6) is 0 Å². The predicted molar refractivity (Wildman–Crippen MR) is 113 cm³/mol. The Balaban J connectivity index is 1.43. The third kappa shape index (κ3) is 4.44. The lowest BCUT2D eigenvalue weighted by Gasteiger charge is -2.23. The van der Waals surface area contributed by atoms with E-state index in [1.54, 1.807) is 17.0 Å². The van der Waals surface area contributed by atoms with Gasteiger partial charge in [0.15, 0.2) is 0 Å². The first-order valence-electron chi connectivity index (χ1n) is 10.2. The van der Waals surface area contributed by atoms with Gasteiger partial charge in [0.1, 0.15) is 12.4 Å². The van der Waals surface area contributed by atoms with E-state index < -0.39 is 11.7 Å². The van der Waals surface area contributed by atoms with Gasteiger partial charge in [0.25, 0.3) is 5.56 Å². The number of rotatable bonds is 3. The second kappa shape index (κ2) is 8.60. The van der Waals surface area contributed by atoms with Crippen molar-refractivity contribution in [3.05, 3.63) is 64.3 Å². The number of alkyl halides is 3. The van der Waals surface area contributed by atoms with Crippen LogP contribution in [0.15, 0.2) is 47.7 Å². The van der Waals surface area contributed by atoms with Gasteiger partial charge in [0, 0.05) is 32.4 Å². The molecule has 1 fully saturated rings. The molecule has 1 saturated heterocycles. The lowest BCUT2D eigenvalue weighted by molar-refractivity contribution is -0.137. The zero-order chi connectivity index (χ0) is 22.9. The first-order chi connectivity index (χ1) is 15.2. The van der Waals surface area contributed by atoms with E-state index in [9.17, 15) is 22.8 Å². The molecule has 3 heterocycles. The van der Waals surface area contributed by atoms with Gasteiger partial charge < -0.3 is 9.80 Å². The molecule has 0 N–H and O–H groups in total. The molecule has 2 aromatic heterocycles. The number of benzene rings is 1. The molecular weight excluding hydrogens is 423 g/mol. The SMILES string of the molecule is Cc1cccc2c(=O)n(CC(=O)N3CCCN(c4ccc(C(F)(F)F)cn4)CC3)cnc12. The third-order valence-corrected chi connectivity index (χ3v) is 5.61. The number of pyridine rings is 1. The summed E-state index contributed by atoms with van der Waals surface area (Å²) in [6.07, 6.45) is -1.57. The van der Waals surface area contributed by atoms with Crippen LogP contribution >= 0.6 is 0 Å². The van der Waals surface area contributed by atoms with Gasteiger partial charge in [-0.15, -0.1) is 0 Å². The van der Waals surface area contributed by atoms with E-state index in [4.69, 9.17) is 0 Å². The summed E-state index contributed by atoms with van der Waals surface area (Å²) in [4.78, 5) is 37.4. The zero-order valence-corrected chi connectivity index (χ0v) is 17.5. The quantitative estimate of drug-likeness (QED) is 0.620. The molecule has 0 unspecified atom stereocenters. The Morgan fingerprint density at radius 1 is 1.06 bits per heavy atom. The van der Waals surface area contributed by atoms with Gasteiger partial charge in [-0.25, -0.2) is 9.97 Å². The molecule has 0 atom stereocenters. The van der Waals surface area contributed by atoms with E-state index in [1.165, 1.54) is 17.0 Å². The molecule has 10 heteroatoms. The number of hydrogen-bond donors (Lipinski definition) is 0. The summed E-state index contributed by atoms with van der Waals surface area (Å²) in [5.41, 5.74) is 0.452. The predicted octanol–water partition coefficient (Wildman–Crippen LogP) is 2.86. The molecule has 0 radical (unpaired) electrons. The Kier molecular flexibility index (Phi) is 5.86. The minimum atomic E-state index is -4.43. The zero-order valence-electron chi connectivity index (χ0n) is 17.5. The van der Waals surface area contributed by atoms with E-state index in [0.29, 0.717) is 49.3 Å². The van der Waals surface area contributed by atoms with Crippen LogP contribution < -0.4 is 10.5 Å². The highest BCUT2D eigenvalue weighted by Crippen LogP contribution is 2.29. The second-order valence-electron chi connectivity index (χ2n) is 7.77. The monoisotopic (exact) mass is 445 g/mol. The van der Waals surface area contributed by atoms with Gasteiger partial charge in [0.2, 0.25) is 5.91 Å². The number of fused-ring (bicyclic) bond motifs is 1. The fourth-order valence-corrected chi connectivity index (χ4v) is 3.83. The van der Waals surface area contributed by atoms with E-state index >= 15 is 0 Å². The van der Waals surface area contributed by atoms with Crippen molar-refractivity contribution in [1.29, 1.82) is 0 Å². The smallest absolute Gasteiger partial charge is 0.355 e. The summed E-state index contributed by atoms with van der Waals surface area (Å²) in [6, 6.07) is 7.71. The minimum Gasteiger partial charge on any atom is -0.355 e. The fraction of sp³-hybridized carbons (Fsp3) is 0.364. The van der Waals surface area contributed by atoms with Crippen molar-refractivity contribution in [2.24, 2.45) is 0 Å². The molecule has 1 aliphatic heterocycles. The molecule has 1 aliphatic rings. The largest absolute Gasteiger partial charge is 0.417 e. The number of hydrogen-bond acceptors (Lipinski definition) is 5. The molecule has 0 spiro atoms. The van der Waals surface area contributed by atoms with Crippen molar-refractivity contribution in [2.75, 3.05) is 31.1 Å². The lowest BCUT2D eigenvalue weighted by Crippen LogP contribution is -2.39. The Morgan fingerprint density at radius 3 is 2.59 bits per heavy atom. The van der Waals surface area contributed by atoms with Gasteiger partial charge in [-0.3, -0.25) is 14.2 Å². The average molecular weight is 445 g/mol. The molecule has 3 aromatic rings. The van der Waals surface area contributed by atoms with Crippen LogP contribution in [0.3, 0.4) is 0 Å². The normalized spacial score (nSPS) is 15.1. The minimum absolute atomic E-state index is 0.117. The highest BCUT2D eigenvalue weighted by molar-refractivity contribution is 5.81. The molecular formula is C22H22F3N5O2. The van der Waals surface area contributed by atoms with Crippen molar-refractivity contribution < 1.29 is 18.0 Å². The molecule has 32 heavy (non-hydrogen) atoms. The Morgan fingerprint density at radius 2 is 1.88 bits per heavy atom. The topological polar surface area (TPSA) is 71.3 Å². The van der Waals surface area contributed by atoms with Crippen LogP contribution in [0.1, 0.15) is 17.5 Å². The van der Waals surface area contributed by atoms with Crippen LogP contribution in [-0.2, 0) is 17.5 Å². The lowest BCUT2D eigenvalue weighted by atomic mass is 10.1. The summed E-state index contributed by atoms with van der Waals surface area (Å²) >= 11 is 0. The standard InChI is InChI=1S/C22H22F3N5O2/c1-15-4-2-5-17-20(15)27-14-30(21(17)32)13-19(31)29-9-3-8-28(10-11-29)18-7-6-16(12-26-18)22(23,24)25/h2,4-7,12,14H,3,8-11,13H2,1H3. The van der Waals surface area contributed by atoms with Crippen molar-refractivity contribution in [2.45, 2.75) is 26.1 Å². The number of anilines is 1. The number of carbonyl (C=O) groups is 1. The fourth-order valence-electron chi connectivity index (χ4n) is 3.83. The number of para-hydroxylation sites is 1. The molecule has 0 bridgehead atoms. The first-order valence-corrected chi connectivity index (χ1v) is 10.2. The molecule has 0 aliphatic carbocycles. The summed E-state index contributed by atoms with van der Waals surface area (Å²) in [6.45, 7) is 3.64. The second-order valence-corrected chi connectivity index (χ2v) is 7.77. The van der Waals surface area contributed by atoms with E-state index in [2.05, 4.69) is 9.97 Å². The van der Waals surface area contributed by atoms with Crippen molar-refractivity contribution in [1.82, 2.24) is 19.4 Å². The number of nitrogens with zero attached hydrogens (tertiary/aromatic N) is 5. The number of aryl methyl sites for hydroxylation is 1. The third-order valence-electron chi connectivity index (χ3n) is 5.61. The summed E-state index contributed by atoms with van der Waals surface area (Å²) in [5, 5.41) is 0.468. The van der Waals surface area contributed by atoms with Crippen LogP contribution in [-0.4, -0.2) is 51.5 Å². The van der Waals surface area contributed by atoms with Gasteiger partial charge >= 0.3 is 6.18 Å². The maximum Gasteiger partial charge on any atom is 0.417 e. The number of aromatic nitrogens is 3. The van der Waals surface area contributed by atoms with Crippen LogP contribution in [0.4, 0.5) is 19.0 Å². The number of amides is 1. The number of halogens is 3. The molecule has 168 valence electrons. The summed E-state index contributed by atoms with van der Waals surface area (Å²) in [7, 11) is 0. The van der Waals surface area contributed by atoms with Gasteiger partial charge in [0.05, 0.1) is 22.8 Å². The Labute approximate surface area is 182 Å². The van der Waals surface area contributed by atoms with Crippen molar-refractivity contribution in [3.63, 3.8) is 0 Å². The number of carbonyl (C=O) groups excluding carboxylic acids is 1. The molecule has 4 rings (SSSR count). The highest BCUT2D eigenvalue weighted by atomic mass is 19.4. The van der Waals surface area contributed by atoms with Gasteiger partial charge in [-0.1, -0.05) is 12.1 Å². The highest BCUT2D eigenvalue weighted by Gasteiger charge is 2.31. The molecule has 7 nitrogen and oxygen atoms in total. The summed E-state index contributed by atoms with van der Waals surface area (Å²) < 4.78 is 39.6. The van der Waals surface area contributed by atoms with Crippen molar-refractivity contribution >= 4 is 22.6 Å². The van der Waals surface area contributed by atoms with Crippen LogP contribution in [0.2, 0.25) is 0 Å². The Bertz CT molecular complexity index is 1190. The summed E-state index contributed by atoms with van der Waals surface area (Å²) in [5.74, 6) is 0.237. The van der Waals surface area contributed by atoms with Crippen LogP contribution in [0, 0.1) is 6.92 Å². The van der Waals surface area contributed by atoms with E-state index in [0.717, 1.165) is 17.8 Å². The molecule has 1 amide bonds. The maximum atomic E-state index is 12.9. The van der Waals surface area contributed by atoms with Crippen LogP contribution in [0.25, 0.3) is 10.9 Å². The van der Waals surface area contributed by atoms with Gasteiger partial charge in [-0.2, -0.15) is 13.2 Å². The molecule has 1 aromatic carbocycles. The van der Waals surface area contributed by atoms with Gasteiger partial charge in [-0.05, 0) is 37.1 Å². The first kappa shape index (κ1) is 21.8. The van der Waals surface area contributed by atoms with E-state index in [-0.39, 0.29) is 18.0 Å². The van der Waals surface area contributed by atoms with Crippen molar-refractivity contribution in [3.8, 4) is 0 Å².